The smallest absolute Gasteiger partial charge is 0.261 e. The molecule has 0 fully saturated rings. The van der Waals surface area contributed by atoms with Crippen LogP contribution in [0.1, 0.15) is 15.9 Å². The van der Waals surface area contributed by atoms with E-state index in [2.05, 4.69) is 31.4 Å². The summed E-state index contributed by atoms with van der Waals surface area (Å²) in [6.07, 6.45) is 1.40. The molecule has 1 aromatic heterocycles. The number of nitrogens with one attached hydrogen (secondary N) is 2. The molecular formula is C11H11BrN4O. The quantitative estimate of drug-likeness (QED) is 0.795. The van der Waals surface area contributed by atoms with Crippen LogP contribution in [0, 0.1) is 6.92 Å². The number of aromatic nitrogens is 2. The van der Waals surface area contributed by atoms with Gasteiger partial charge < -0.3 is 11.1 Å². The molecule has 0 saturated heterocycles. The number of carbonyl (C=O) groups is 1. The summed E-state index contributed by atoms with van der Waals surface area (Å²) in [4.78, 5) is 11.9. The molecule has 5 nitrogen and oxygen atoms in total. The number of rotatable bonds is 2. The molecule has 0 aliphatic carbocycles. The van der Waals surface area contributed by atoms with E-state index in [0.717, 1.165) is 10.0 Å². The maximum absolute atomic E-state index is 11.9. The SMILES string of the molecule is Cc1cc(Br)cc(NC(=O)c2cn[nH]c2N)c1. The van der Waals surface area contributed by atoms with Crippen molar-refractivity contribution in [2.75, 3.05) is 11.1 Å². The average Bonchev–Trinajstić information content (AvgIpc) is 2.62. The van der Waals surface area contributed by atoms with Crippen molar-refractivity contribution in [2.45, 2.75) is 6.92 Å². The minimum absolute atomic E-state index is 0.259. The average molecular weight is 295 g/mol. The summed E-state index contributed by atoms with van der Waals surface area (Å²) in [5.41, 5.74) is 7.66. The van der Waals surface area contributed by atoms with Gasteiger partial charge in [0.05, 0.1) is 6.20 Å². The van der Waals surface area contributed by atoms with Crippen LogP contribution < -0.4 is 11.1 Å². The number of carbonyl (C=O) groups excluding carboxylic acids is 1. The number of benzene rings is 1. The number of nitrogen functional groups attached to an aromatic ring is 1. The fraction of sp³-hybridized carbons (Fsp3) is 0.0909. The van der Waals surface area contributed by atoms with Gasteiger partial charge in [-0.05, 0) is 30.7 Å². The van der Waals surface area contributed by atoms with E-state index in [0.29, 0.717) is 11.3 Å². The lowest BCUT2D eigenvalue weighted by molar-refractivity contribution is 0.102. The number of amides is 1. The number of nitrogens with two attached hydrogens (primary N) is 1. The number of halogens is 1. The Labute approximate surface area is 107 Å². The molecule has 4 N–H and O–H groups in total. The molecule has 0 saturated carbocycles. The Bertz CT molecular complexity index is 544. The Kier molecular flexibility index (Phi) is 3.14. The second-order valence-electron chi connectivity index (χ2n) is 3.67. The summed E-state index contributed by atoms with van der Waals surface area (Å²) in [7, 11) is 0. The van der Waals surface area contributed by atoms with E-state index in [1.165, 1.54) is 6.20 Å². The molecule has 2 aromatic rings. The Balaban J connectivity index is 2.21. The zero-order valence-corrected chi connectivity index (χ0v) is 10.7. The second kappa shape index (κ2) is 4.58. The summed E-state index contributed by atoms with van der Waals surface area (Å²) in [6.45, 7) is 1.95. The van der Waals surface area contributed by atoms with Crippen LogP contribution in [0.3, 0.4) is 0 Å². The fourth-order valence-electron chi connectivity index (χ4n) is 1.48. The van der Waals surface area contributed by atoms with Gasteiger partial charge in [-0.1, -0.05) is 15.9 Å². The van der Waals surface area contributed by atoms with E-state index < -0.39 is 0 Å². The topological polar surface area (TPSA) is 83.8 Å². The van der Waals surface area contributed by atoms with Crippen LogP contribution in [0.2, 0.25) is 0 Å². The first-order valence-corrected chi connectivity index (χ1v) is 5.73. The predicted octanol–water partition coefficient (Wildman–Crippen LogP) is 2.32. The van der Waals surface area contributed by atoms with Crippen LogP contribution >= 0.6 is 15.9 Å². The molecule has 0 atom stereocenters. The molecule has 0 spiro atoms. The van der Waals surface area contributed by atoms with Crippen molar-refractivity contribution in [3.63, 3.8) is 0 Å². The summed E-state index contributed by atoms with van der Waals surface area (Å²) >= 11 is 3.37. The van der Waals surface area contributed by atoms with E-state index >= 15 is 0 Å². The highest BCUT2D eigenvalue weighted by Gasteiger charge is 2.11. The van der Waals surface area contributed by atoms with Crippen molar-refractivity contribution in [2.24, 2.45) is 0 Å². The second-order valence-corrected chi connectivity index (χ2v) is 4.58. The first-order chi connectivity index (χ1) is 8.06. The minimum Gasteiger partial charge on any atom is -0.383 e. The van der Waals surface area contributed by atoms with Gasteiger partial charge in [-0.15, -0.1) is 0 Å². The maximum Gasteiger partial charge on any atom is 0.261 e. The highest BCUT2D eigenvalue weighted by Crippen LogP contribution is 2.20. The Morgan fingerprint density at radius 1 is 1.47 bits per heavy atom. The van der Waals surface area contributed by atoms with Crippen molar-refractivity contribution in [1.29, 1.82) is 0 Å². The zero-order valence-electron chi connectivity index (χ0n) is 9.12. The van der Waals surface area contributed by atoms with Gasteiger partial charge >= 0.3 is 0 Å². The molecule has 2 rings (SSSR count). The first-order valence-electron chi connectivity index (χ1n) is 4.93. The number of hydrogen-bond acceptors (Lipinski definition) is 3. The first kappa shape index (κ1) is 11.7. The van der Waals surface area contributed by atoms with Gasteiger partial charge in [-0.3, -0.25) is 9.89 Å². The number of H-pyrrole nitrogens is 1. The van der Waals surface area contributed by atoms with Crippen LogP contribution in [0.5, 0.6) is 0 Å². The van der Waals surface area contributed by atoms with Crippen molar-refractivity contribution < 1.29 is 4.79 Å². The van der Waals surface area contributed by atoms with Crippen LogP contribution in [0.15, 0.2) is 28.9 Å². The third-order valence-electron chi connectivity index (χ3n) is 2.21. The zero-order chi connectivity index (χ0) is 12.4. The molecule has 0 radical (unpaired) electrons. The van der Waals surface area contributed by atoms with Gasteiger partial charge in [-0.2, -0.15) is 5.10 Å². The molecular weight excluding hydrogens is 284 g/mol. The number of anilines is 2. The Hall–Kier alpha value is -1.82. The van der Waals surface area contributed by atoms with E-state index in [1.54, 1.807) is 0 Å². The third kappa shape index (κ3) is 2.65. The molecule has 6 heteroatoms. The Morgan fingerprint density at radius 2 is 2.24 bits per heavy atom. The summed E-state index contributed by atoms with van der Waals surface area (Å²) < 4.78 is 0.910. The van der Waals surface area contributed by atoms with Crippen molar-refractivity contribution in [3.8, 4) is 0 Å². The fourth-order valence-corrected chi connectivity index (χ4v) is 2.09. The van der Waals surface area contributed by atoms with Crippen LogP contribution in [0.4, 0.5) is 11.5 Å². The maximum atomic E-state index is 11.9. The largest absolute Gasteiger partial charge is 0.383 e. The van der Waals surface area contributed by atoms with E-state index in [-0.39, 0.29) is 11.7 Å². The van der Waals surface area contributed by atoms with Gasteiger partial charge in [-0.25, -0.2) is 0 Å². The summed E-state index contributed by atoms with van der Waals surface area (Å²) in [5.74, 6) is -0.0250. The lowest BCUT2D eigenvalue weighted by Crippen LogP contribution is -2.13. The Morgan fingerprint density at radius 3 is 2.82 bits per heavy atom. The third-order valence-corrected chi connectivity index (χ3v) is 2.67. The molecule has 0 aliphatic heterocycles. The standard InChI is InChI=1S/C11H11BrN4O/c1-6-2-7(12)4-8(3-6)15-11(17)9-5-14-16-10(9)13/h2-5H,1H3,(H,15,17)(H3,13,14,16). The highest BCUT2D eigenvalue weighted by molar-refractivity contribution is 9.10. The van der Waals surface area contributed by atoms with Crippen LogP contribution in [-0.2, 0) is 0 Å². The number of aryl methyl sites for hydroxylation is 1. The molecule has 1 heterocycles. The lowest BCUT2D eigenvalue weighted by Gasteiger charge is -2.06. The summed E-state index contributed by atoms with van der Waals surface area (Å²) in [6, 6.07) is 5.65. The van der Waals surface area contributed by atoms with Crippen LogP contribution in [0.25, 0.3) is 0 Å². The van der Waals surface area contributed by atoms with E-state index in [9.17, 15) is 4.79 Å². The van der Waals surface area contributed by atoms with Crippen molar-refractivity contribution in [3.05, 3.63) is 40.0 Å². The van der Waals surface area contributed by atoms with Gasteiger partial charge in [0.15, 0.2) is 0 Å². The molecule has 0 bridgehead atoms. The van der Waals surface area contributed by atoms with E-state index in [4.69, 9.17) is 5.73 Å². The molecule has 0 aliphatic rings. The number of aromatic amines is 1. The lowest BCUT2D eigenvalue weighted by atomic mass is 10.2. The number of hydrogen-bond donors (Lipinski definition) is 3. The van der Waals surface area contributed by atoms with Crippen molar-refractivity contribution in [1.82, 2.24) is 10.2 Å². The van der Waals surface area contributed by atoms with Crippen molar-refractivity contribution >= 4 is 33.3 Å². The van der Waals surface area contributed by atoms with Gasteiger partial charge in [0.1, 0.15) is 11.4 Å². The van der Waals surface area contributed by atoms with Gasteiger partial charge in [0, 0.05) is 10.2 Å². The molecule has 1 amide bonds. The van der Waals surface area contributed by atoms with Crippen LogP contribution in [-0.4, -0.2) is 16.1 Å². The molecule has 17 heavy (non-hydrogen) atoms. The highest BCUT2D eigenvalue weighted by atomic mass is 79.9. The van der Waals surface area contributed by atoms with Gasteiger partial charge in [0.2, 0.25) is 0 Å². The van der Waals surface area contributed by atoms with E-state index in [1.807, 2.05) is 25.1 Å². The number of nitrogens with zero attached hydrogens (tertiary/aromatic N) is 1. The predicted molar refractivity (Wildman–Crippen MR) is 69.8 cm³/mol. The minimum atomic E-state index is -0.284. The van der Waals surface area contributed by atoms with Gasteiger partial charge in [0.25, 0.3) is 5.91 Å². The molecule has 0 unspecified atom stereocenters. The summed E-state index contributed by atoms with van der Waals surface area (Å²) in [5, 5.41) is 8.97. The molecule has 88 valence electrons. The normalized spacial score (nSPS) is 10.2. The monoisotopic (exact) mass is 294 g/mol. The molecule has 1 aromatic carbocycles.